The third-order valence-corrected chi connectivity index (χ3v) is 25.8. The van der Waals surface area contributed by atoms with Gasteiger partial charge in [-0.1, -0.05) is 101 Å². The van der Waals surface area contributed by atoms with Crippen LogP contribution in [-0.4, -0.2) is 200 Å². The molecule has 2 saturated heterocycles. The Morgan fingerprint density at radius 1 is 0.730 bits per heavy atom. The van der Waals surface area contributed by atoms with Gasteiger partial charge in [0.2, 0.25) is 57.4 Å². The Balaban J connectivity index is 0.978. The number of aliphatic carboxylic acids is 1. The fraction of sp³-hybridized carbons (Fsp3) is 0.500. The number of nitrogens with one attached hydrogen (secondary N) is 6. The highest BCUT2D eigenvalue weighted by Crippen LogP contribution is 2.55. The van der Waals surface area contributed by atoms with Crippen LogP contribution in [0.4, 0.5) is 0 Å². The number of carbonyl (C=O) groups excluding carboxylic acids is 7. The summed E-state index contributed by atoms with van der Waals surface area (Å²) in [4.78, 5) is 121. The lowest BCUT2D eigenvalue weighted by molar-refractivity contribution is -0.333. The zero-order valence-electron chi connectivity index (χ0n) is 70.1. The molecule has 1 aliphatic carbocycles. The van der Waals surface area contributed by atoms with Crippen molar-refractivity contribution in [1.29, 1.82) is 0 Å². The quantitative estimate of drug-likeness (QED) is 0.0195. The van der Waals surface area contributed by atoms with Gasteiger partial charge in [-0.3, -0.25) is 33.6 Å². The van der Waals surface area contributed by atoms with Gasteiger partial charge >= 0.3 is 5.97 Å². The minimum absolute atomic E-state index is 0.0337. The number of amides is 5. The number of hydrogen-bond donors (Lipinski definition) is 18. The molecule has 38 heteroatoms. The molecule has 0 saturated carbocycles. The number of phenols is 1. The number of unbranched alkanes of at least 4 members (excludes halogenated alkanes) is 5. The summed E-state index contributed by atoms with van der Waals surface area (Å²) in [5, 5.41) is 132. The Morgan fingerprint density at radius 2 is 1.38 bits per heavy atom. The van der Waals surface area contributed by atoms with Gasteiger partial charge in [0.05, 0.1) is 52.2 Å². The first kappa shape index (κ1) is 95.6. The number of hydrogen-bond acceptors (Lipinski definition) is 28. The molecule has 682 valence electrons. The molecule has 11 bridgehead atoms. The lowest BCUT2D eigenvalue weighted by Gasteiger charge is -2.47. The van der Waals surface area contributed by atoms with E-state index in [1.54, 1.807) is 19.1 Å². The Labute approximate surface area is 736 Å². The molecular weight excluding hydrogens is 1700 g/mol. The van der Waals surface area contributed by atoms with E-state index in [1.807, 2.05) is 13.8 Å². The molecule has 35 nitrogen and oxygen atoms in total. The van der Waals surface area contributed by atoms with Gasteiger partial charge in [-0.05, 0) is 170 Å². The summed E-state index contributed by atoms with van der Waals surface area (Å²) in [6, 6.07) is 11.4. The van der Waals surface area contributed by atoms with Crippen LogP contribution in [0.5, 0.6) is 40.2 Å². The number of fused-ring (bicyclic) bond motifs is 12. The molecule has 0 radical (unpaired) electrons. The molecule has 20 N–H and O–H groups in total. The maximum absolute atomic E-state index is 16.6. The molecule has 0 spiro atoms. The molecule has 7 aliphatic heterocycles. The number of carboxylic acid groups (broad SMARTS) is 1. The summed E-state index contributed by atoms with van der Waals surface area (Å²) in [5.41, 5.74) is 8.16. The van der Waals surface area contributed by atoms with Crippen LogP contribution in [0.2, 0.25) is 10.0 Å². The van der Waals surface area contributed by atoms with E-state index in [9.17, 15) is 73.9 Å². The fourth-order valence-corrected chi connectivity index (χ4v) is 18.4. The van der Waals surface area contributed by atoms with Gasteiger partial charge in [0.25, 0.3) is 0 Å². The minimum Gasteiger partial charge on any atom is -0.508 e. The molecule has 0 aromatic heterocycles. The number of sulfonamides is 1. The second-order valence-corrected chi connectivity index (χ2v) is 36.1. The molecular formula is C88H108Cl2N8O27S. The zero-order valence-corrected chi connectivity index (χ0v) is 72.4. The van der Waals surface area contributed by atoms with Crippen LogP contribution in [-0.2, 0) is 74.9 Å². The van der Waals surface area contributed by atoms with E-state index in [1.165, 1.54) is 62.4 Å². The largest absolute Gasteiger partial charge is 0.508 e. The van der Waals surface area contributed by atoms with Gasteiger partial charge < -0.3 is 122 Å². The minimum atomic E-state index is -3.85. The van der Waals surface area contributed by atoms with Crippen molar-refractivity contribution in [3.8, 4) is 51.4 Å². The van der Waals surface area contributed by atoms with Crippen LogP contribution in [0.25, 0.3) is 11.1 Å². The van der Waals surface area contributed by atoms with Gasteiger partial charge in [-0.25, -0.2) is 17.9 Å². The third kappa shape index (κ3) is 21.2. The number of ether oxygens (including phenoxy) is 7. The summed E-state index contributed by atoms with van der Waals surface area (Å²) in [5.74, 6) is -20.2. The van der Waals surface area contributed by atoms with Crippen molar-refractivity contribution in [2.45, 2.75) is 239 Å². The number of phenolic OH excluding ortho intramolecular Hbond substituents is 1. The second-order valence-electron chi connectivity index (χ2n) is 33.6. The average Bonchev–Trinajstić information content (AvgIpc) is 1.54. The number of rotatable bonds is 29. The van der Waals surface area contributed by atoms with E-state index in [0.717, 1.165) is 55.7 Å². The summed E-state index contributed by atoms with van der Waals surface area (Å²) < 4.78 is 73.5. The number of aliphatic hydroxyl groups is 8. The highest BCUT2D eigenvalue weighted by atomic mass is 35.5. The number of carboxylic acids is 1. The van der Waals surface area contributed by atoms with Crippen LogP contribution >= 0.6 is 23.2 Å². The lowest BCUT2D eigenvalue weighted by atomic mass is 9.84. The highest BCUT2D eigenvalue weighted by molar-refractivity contribution is 7.89. The number of carbonyl (C=O) groups is 8. The van der Waals surface area contributed by atoms with E-state index < -0.39 is 237 Å². The van der Waals surface area contributed by atoms with Crippen molar-refractivity contribution in [3.05, 3.63) is 152 Å². The van der Waals surface area contributed by atoms with Gasteiger partial charge in [0, 0.05) is 66.9 Å². The number of benzene rings is 6. The number of aliphatic hydroxyl groups excluding tert-OH is 6. The third-order valence-electron chi connectivity index (χ3n) is 23.7. The normalized spacial score (nSPS) is 26.9. The molecule has 0 unspecified atom stereocenters. The predicted molar refractivity (Wildman–Crippen MR) is 452 cm³/mol. The fourth-order valence-electron chi connectivity index (χ4n) is 16.8. The maximum Gasteiger partial charge on any atom is 0.330 e. The van der Waals surface area contributed by atoms with E-state index in [2.05, 4.69) is 38.2 Å². The molecule has 6 aromatic rings. The van der Waals surface area contributed by atoms with Crippen LogP contribution in [0, 0.1) is 17.8 Å². The van der Waals surface area contributed by atoms with Crippen molar-refractivity contribution < 1.29 is 131 Å². The van der Waals surface area contributed by atoms with Crippen molar-refractivity contribution >= 4 is 80.3 Å². The van der Waals surface area contributed by atoms with Crippen molar-refractivity contribution in [2.24, 2.45) is 29.2 Å². The smallest absolute Gasteiger partial charge is 0.330 e. The molecule has 126 heavy (non-hydrogen) atoms. The van der Waals surface area contributed by atoms with Gasteiger partial charge in [0.1, 0.15) is 71.6 Å². The first-order valence-electron chi connectivity index (χ1n) is 42.0. The molecule has 2 fully saturated rings. The van der Waals surface area contributed by atoms with E-state index in [-0.39, 0.29) is 104 Å². The maximum atomic E-state index is 16.6. The summed E-state index contributed by atoms with van der Waals surface area (Å²) in [6.07, 6.45) is -15.2. The molecule has 6 aromatic carbocycles. The Bertz CT molecular complexity index is 5180. The van der Waals surface area contributed by atoms with Crippen LogP contribution < -0.4 is 61.7 Å². The van der Waals surface area contributed by atoms with Crippen LogP contribution in [0.1, 0.15) is 200 Å². The van der Waals surface area contributed by atoms with E-state index >= 15 is 24.0 Å². The molecule has 18 atom stereocenters. The number of halogens is 2. The van der Waals surface area contributed by atoms with Crippen molar-refractivity contribution in [3.63, 3.8) is 0 Å². The zero-order chi connectivity index (χ0) is 91.3. The molecule has 8 aliphatic rings. The number of Topliss-reactive ketones (excluding diaryl/α,β-unsaturated/α-hetero) is 2. The van der Waals surface area contributed by atoms with Crippen LogP contribution in [0.15, 0.2) is 102 Å². The van der Waals surface area contributed by atoms with Gasteiger partial charge in [-0.15, -0.1) is 0 Å². The van der Waals surface area contributed by atoms with E-state index in [4.69, 9.17) is 67.8 Å². The first-order chi connectivity index (χ1) is 59.7. The van der Waals surface area contributed by atoms with Crippen molar-refractivity contribution in [2.75, 3.05) is 26.3 Å². The SMILES string of the molecule is CCCCCOc1ccc(S(=O)(=O)NCCCCCCNCc2c(O)cc3c4c2C(O)(O)c2ccc(cc2-4)[C@H]2CC(=O)[C@@H]4NC(=O)[C@H](CC(N)=O)CC(=O)[C@H](NC(=O)[C@H](CC)CC(C)C)[C@H](O)c5ccc(c(Cl)c5)Oc5cc4cc(c5O[C@@H]4O[C@H](CO)[C@@H](O)[C@H](O)[C@H]4O[C@H]4C[C@](C)(N)[C@H](O)[C@H](C)O4)Oc4ccc(cc4Cl)[C@@H](O)[C@H](NC2=O)C(=O)N[C@@H]3C(=O)O)cc1. The topological polar surface area (TPSA) is 562 Å². The first-order valence-corrected chi connectivity index (χ1v) is 44.2. The van der Waals surface area contributed by atoms with Gasteiger partial charge in [0.15, 0.2) is 41.5 Å². The van der Waals surface area contributed by atoms with Crippen LogP contribution in [0.3, 0.4) is 0 Å². The predicted octanol–water partition coefficient (Wildman–Crippen LogP) is 5.81. The second kappa shape index (κ2) is 40.4. The average molecular weight is 1810 g/mol. The Morgan fingerprint density at radius 3 is 1.99 bits per heavy atom. The summed E-state index contributed by atoms with van der Waals surface area (Å²) in [7, 11) is -3.85. The van der Waals surface area contributed by atoms with Gasteiger partial charge in [-0.2, -0.15) is 0 Å². The Kier molecular flexibility index (Phi) is 30.6. The Hall–Kier alpha value is -9.55. The lowest BCUT2D eigenvalue weighted by Crippen LogP contribution is -2.64. The molecule has 14 rings (SSSR count). The number of nitrogens with two attached hydrogens (primary N) is 2. The monoisotopic (exact) mass is 1810 g/mol. The number of ketones is 2. The number of aromatic hydroxyl groups is 1. The number of primary amides is 1. The summed E-state index contributed by atoms with van der Waals surface area (Å²) in [6.45, 7) is 10.1. The highest BCUT2D eigenvalue weighted by Gasteiger charge is 2.53. The van der Waals surface area contributed by atoms with E-state index in [0.29, 0.717) is 44.5 Å². The summed E-state index contributed by atoms with van der Waals surface area (Å²) >= 11 is 14.4. The molecule has 5 amide bonds. The standard InChI is InChI=1S/C88H108Cl2N8O27S/c1-7-9-14-27-119-49-18-20-50(21-19-49)126(117,118)94-26-13-11-10-12-25-93-39-54-58(100)37-53-68-52-29-44(15-22-55(52)88(115,116)69(54)68)51-36-60(102)70-47-33-63(121-61-23-16-45(30-56(61)89)74(104)72(97-81(109)43(8-2)28-41(3)4)59(101)32-48(35-66(91)103)82(110)95-70)78(125-86-79(77(107)76(106)65(40-99)123-86)124-67-38-87(6,92)80(108)42(5)120-67)64(34-47)122-62-24-17-46(31-57(62)90)75(105)73(98-83(51)111)84(112)96-71(53)85(113)114/h15-24,29-31,33-34,37,41-43,48,51,65,67,70-77,79-80,86,93-94,99-100,104-108,115-116H,7-14,25-28,32,35-36,38-40,92H2,1-6H3,(H2,91,103)(H,95,110)(H,96,112)(H,97,109)(H,98,111)(H,113,114)/t42-,43+,48-,51+,65+,67-,70+,71-,72-,73-,74+,75+,76+,77-,79+,80+,86-,87-/m0/s1. The molecule has 7 heterocycles. The van der Waals surface area contributed by atoms with Crippen molar-refractivity contribution in [1.82, 2.24) is 31.3 Å².